The average Bonchev–Trinajstić information content (AvgIpc) is 3.37. The number of hydrogen-bond donors (Lipinski definition) is 1. The third-order valence-electron chi connectivity index (χ3n) is 6.01. The van der Waals surface area contributed by atoms with Crippen molar-refractivity contribution in [1.29, 1.82) is 0 Å². The first kappa shape index (κ1) is 26.0. The molecule has 1 fully saturated rings. The number of thiophene rings is 1. The summed E-state index contributed by atoms with van der Waals surface area (Å²) in [6.45, 7) is 2.38. The highest BCUT2D eigenvalue weighted by Gasteiger charge is 2.21. The number of esters is 1. The maximum absolute atomic E-state index is 11.2. The van der Waals surface area contributed by atoms with Gasteiger partial charge in [-0.2, -0.15) is 0 Å². The first-order valence-electron chi connectivity index (χ1n) is 11.7. The van der Waals surface area contributed by atoms with Gasteiger partial charge in [-0.1, -0.05) is 55.7 Å². The SMILES string of the molecule is CCOC(=O)C1CCCCC1.CN.O=Cc1cc(C2=CCC(c3ccccc3)CC2)cs1. The van der Waals surface area contributed by atoms with Crippen LogP contribution >= 0.6 is 11.3 Å². The van der Waals surface area contributed by atoms with Gasteiger partial charge in [-0.15, -0.1) is 11.3 Å². The minimum absolute atomic E-state index is 0.0206. The number of ether oxygens (including phenoxy) is 1. The van der Waals surface area contributed by atoms with Gasteiger partial charge in [-0.05, 0) is 80.1 Å². The smallest absolute Gasteiger partial charge is 0.308 e. The molecule has 4 rings (SSSR count). The van der Waals surface area contributed by atoms with Crippen LogP contribution in [0.4, 0.5) is 0 Å². The molecule has 1 saturated carbocycles. The molecule has 1 heterocycles. The van der Waals surface area contributed by atoms with Crippen molar-refractivity contribution in [3.05, 3.63) is 63.9 Å². The summed E-state index contributed by atoms with van der Waals surface area (Å²) in [5.74, 6) is 0.880. The zero-order chi connectivity index (χ0) is 23.2. The monoisotopic (exact) mass is 455 g/mol. The number of carbonyl (C=O) groups excluding carboxylic acids is 2. The molecule has 1 atom stereocenters. The van der Waals surface area contributed by atoms with Gasteiger partial charge in [-0.25, -0.2) is 0 Å². The fourth-order valence-corrected chi connectivity index (χ4v) is 5.04. The van der Waals surface area contributed by atoms with E-state index >= 15 is 0 Å². The molecule has 0 aliphatic heterocycles. The van der Waals surface area contributed by atoms with Crippen LogP contribution in [0.15, 0.2) is 47.9 Å². The first-order valence-corrected chi connectivity index (χ1v) is 12.6. The van der Waals surface area contributed by atoms with E-state index < -0.39 is 0 Å². The van der Waals surface area contributed by atoms with E-state index in [1.165, 1.54) is 60.8 Å². The summed E-state index contributed by atoms with van der Waals surface area (Å²) >= 11 is 1.53. The molecule has 2 aliphatic carbocycles. The van der Waals surface area contributed by atoms with Crippen LogP contribution in [0.5, 0.6) is 0 Å². The van der Waals surface area contributed by atoms with Crippen LogP contribution in [0.1, 0.15) is 85.0 Å². The van der Waals surface area contributed by atoms with Crippen molar-refractivity contribution in [2.24, 2.45) is 11.7 Å². The minimum Gasteiger partial charge on any atom is -0.466 e. The number of benzene rings is 1. The van der Waals surface area contributed by atoms with Crippen LogP contribution in [0.25, 0.3) is 5.57 Å². The van der Waals surface area contributed by atoms with E-state index in [2.05, 4.69) is 47.5 Å². The van der Waals surface area contributed by atoms with E-state index in [9.17, 15) is 9.59 Å². The third kappa shape index (κ3) is 8.03. The van der Waals surface area contributed by atoms with Gasteiger partial charge >= 0.3 is 5.97 Å². The molecule has 1 aromatic heterocycles. The largest absolute Gasteiger partial charge is 0.466 e. The topological polar surface area (TPSA) is 69.4 Å². The highest BCUT2D eigenvalue weighted by molar-refractivity contribution is 7.11. The lowest BCUT2D eigenvalue weighted by molar-refractivity contribution is -0.149. The number of rotatable bonds is 5. The maximum Gasteiger partial charge on any atom is 0.308 e. The van der Waals surface area contributed by atoms with E-state index in [-0.39, 0.29) is 11.9 Å². The summed E-state index contributed by atoms with van der Waals surface area (Å²) < 4.78 is 4.94. The van der Waals surface area contributed by atoms with Crippen LogP contribution in [-0.2, 0) is 9.53 Å². The molecule has 5 heteroatoms. The Morgan fingerprint density at radius 2 is 1.84 bits per heavy atom. The van der Waals surface area contributed by atoms with Gasteiger partial charge in [0.1, 0.15) is 0 Å². The Morgan fingerprint density at radius 1 is 1.12 bits per heavy atom. The van der Waals surface area contributed by atoms with Gasteiger partial charge in [0.05, 0.1) is 17.4 Å². The average molecular weight is 456 g/mol. The first-order chi connectivity index (χ1) is 15.7. The van der Waals surface area contributed by atoms with Crippen LogP contribution in [0, 0.1) is 5.92 Å². The summed E-state index contributed by atoms with van der Waals surface area (Å²) in [6, 6.07) is 12.7. The van der Waals surface area contributed by atoms with Crippen molar-refractivity contribution < 1.29 is 14.3 Å². The zero-order valence-corrected chi connectivity index (χ0v) is 20.2. The lowest BCUT2D eigenvalue weighted by atomic mass is 9.83. The van der Waals surface area contributed by atoms with Gasteiger partial charge < -0.3 is 10.5 Å². The van der Waals surface area contributed by atoms with Gasteiger partial charge in [-0.3, -0.25) is 9.59 Å². The van der Waals surface area contributed by atoms with E-state index in [0.29, 0.717) is 12.5 Å². The number of allylic oxidation sites excluding steroid dienone is 2. The van der Waals surface area contributed by atoms with Gasteiger partial charge in [0.2, 0.25) is 0 Å². The standard InChI is InChI=1S/C17H16OS.C9H16O2.CH5N/c18-11-17-10-16(12-19-17)15-8-6-14(7-9-15)13-4-2-1-3-5-13;1-2-11-9(10)8-6-4-3-5-7-8;1-2/h1-5,8,10-12,14H,6-7,9H2;8H,2-7H2,1H3;2H2,1H3. The Bertz CT molecular complexity index is 838. The zero-order valence-electron chi connectivity index (χ0n) is 19.4. The van der Waals surface area contributed by atoms with Crippen molar-refractivity contribution in [2.75, 3.05) is 13.7 Å². The highest BCUT2D eigenvalue weighted by Crippen LogP contribution is 2.36. The summed E-state index contributed by atoms with van der Waals surface area (Å²) in [5.41, 5.74) is 8.58. The second-order valence-electron chi connectivity index (χ2n) is 8.05. The van der Waals surface area contributed by atoms with Crippen molar-refractivity contribution in [1.82, 2.24) is 0 Å². The summed E-state index contributed by atoms with van der Waals surface area (Å²) in [5, 5.41) is 2.10. The molecular formula is C27H37NO3S. The van der Waals surface area contributed by atoms with Gasteiger partial charge in [0, 0.05) is 0 Å². The Kier molecular flexibility index (Phi) is 12.0. The molecule has 4 nitrogen and oxygen atoms in total. The number of carbonyl (C=O) groups is 2. The minimum atomic E-state index is 0.0206. The van der Waals surface area contributed by atoms with Crippen molar-refractivity contribution in [3.63, 3.8) is 0 Å². The molecule has 1 unspecified atom stereocenters. The predicted molar refractivity (Wildman–Crippen MR) is 134 cm³/mol. The van der Waals surface area contributed by atoms with E-state index in [4.69, 9.17) is 4.74 Å². The highest BCUT2D eigenvalue weighted by atomic mass is 32.1. The molecule has 0 saturated heterocycles. The maximum atomic E-state index is 11.2. The molecule has 2 N–H and O–H groups in total. The second-order valence-corrected chi connectivity index (χ2v) is 9.00. The van der Waals surface area contributed by atoms with E-state index in [1.807, 2.05) is 13.0 Å². The van der Waals surface area contributed by atoms with Crippen molar-refractivity contribution in [2.45, 2.75) is 64.2 Å². The molecular weight excluding hydrogens is 418 g/mol. The molecule has 2 aliphatic rings. The van der Waals surface area contributed by atoms with E-state index in [0.717, 1.165) is 36.8 Å². The van der Waals surface area contributed by atoms with Gasteiger partial charge in [0.15, 0.2) is 6.29 Å². The lowest BCUT2D eigenvalue weighted by Crippen LogP contribution is -2.20. The molecule has 0 radical (unpaired) electrons. The summed E-state index contributed by atoms with van der Waals surface area (Å²) in [4.78, 5) is 22.7. The Hall–Kier alpha value is -2.24. The van der Waals surface area contributed by atoms with Crippen molar-refractivity contribution >= 4 is 29.2 Å². The summed E-state index contributed by atoms with van der Waals surface area (Å²) in [7, 11) is 1.50. The van der Waals surface area contributed by atoms with Crippen LogP contribution in [0.2, 0.25) is 0 Å². The fourth-order valence-electron chi connectivity index (χ4n) is 4.31. The lowest BCUT2D eigenvalue weighted by Gasteiger charge is -2.22. The predicted octanol–water partition coefficient (Wildman–Crippen LogP) is 6.62. The number of nitrogens with two attached hydrogens (primary N) is 1. The quantitative estimate of drug-likeness (QED) is 0.406. The van der Waals surface area contributed by atoms with Crippen LogP contribution in [0.3, 0.4) is 0 Å². The normalized spacial score (nSPS) is 18.2. The molecule has 174 valence electrons. The van der Waals surface area contributed by atoms with Gasteiger partial charge in [0.25, 0.3) is 0 Å². The molecule has 0 spiro atoms. The fraction of sp³-hybridized carbons (Fsp3) is 0.481. The number of hydrogen-bond acceptors (Lipinski definition) is 5. The van der Waals surface area contributed by atoms with Crippen LogP contribution < -0.4 is 5.73 Å². The molecule has 0 amide bonds. The molecule has 2 aromatic rings. The third-order valence-corrected chi connectivity index (χ3v) is 6.87. The molecule has 32 heavy (non-hydrogen) atoms. The van der Waals surface area contributed by atoms with Crippen LogP contribution in [-0.4, -0.2) is 25.9 Å². The Morgan fingerprint density at radius 3 is 2.41 bits per heavy atom. The Balaban J connectivity index is 0.000000239. The molecule has 0 bridgehead atoms. The Labute approximate surface area is 196 Å². The second kappa shape index (κ2) is 14.8. The summed E-state index contributed by atoms with van der Waals surface area (Å²) in [6.07, 6.45) is 12.4. The number of aldehydes is 1. The van der Waals surface area contributed by atoms with Crippen molar-refractivity contribution in [3.8, 4) is 0 Å². The van der Waals surface area contributed by atoms with E-state index in [1.54, 1.807) is 0 Å². The molecule has 1 aromatic carbocycles.